The maximum absolute atomic E-state index is 13.3. The van der Waals surface area contributed by atoms with Crippen molar-refractivity contribution in [2.75, 3.05) is 39.6 Å². The fraction of sp³-hybridized carbons (Fsp3) is 0.526. The van der Waals surface area contributed by atoms with Gasteiger partial charge in [0.25, 0.3) is 0 Å². The summed E-state index contributed by atoms with van der Waals surface area (Å²) < 4.78 is 38.3. The van der Waals surface area contributed by atoms with Gasteiger partial charge in [-0.15, -0.1) is 5.10 Å². The third kappa shape index (κ3) is 5.69. The number of hydrogen-bond donors (Lipinski definition) is 2. The van der Waals surface area contributed by atoms with Crippen molar-refractivity contribution in [1.82, 2.24) is 24.8 Å². The van der Waals surface area contributed by atoms with E-state index in [2.05, 4.69) is 20.5 Å². The lowest BCUT2D eigenvalue weighted by Gasteiger charge is -2.31. The van der Waals surface area contributed by atoms with E-state index >= 15 is 0 Å². The number of nitrogens with one attached hydrogen (secondary N) is 2. The highest BCUT2D eigenvalue weighted by Crippen LogP contribution is 2.32. The van der Waals surface area contributed by atoms with Crippen LogP contribution < -0.4 is 14.8 Å². The van der Waals surface area contributed by atoms with E-state index in [1.165, 1.54) is 36.4 Å². The van der Waals surface area contributed by atoms with Crippen LogP contribution >= 0.6 is 11.8 Å². The number of carbonyl (C=O) groups excluding carboxylic acids is 1. The Labute approximate surface area is 186 Å². The van der Waals surface area contributed by atoms with Crippen molar-refractivity contribution >= 4 is 27.7 Å². The molecule has 1 aromatic heterocycles. The van der Waals surface area contributed by atoms with Gasteiger partial charge in [-0.3, -0.25) is 9.89 Å². The molecule has 0 saturated carbocycles. The molecule has 31 heavy (non-hydrogen) atoms. The predicted molar refractivity (Wildman–Crippen MR) is 116 cm³/mol. The molecule has 0 bridgehead atoms. The van der Waals surface area contributed by atoms with E-state index in [9.17, 15) is 13.2 Å². The second kappa shape index (κ2) is 10.3. The largest absolute Gasteiger partial charge is 0.497 e. The number of aromatic amines is 1. The minimum absolute atomic E-state index is 0.0357. The number of sulfonamides is 1. The highest BCUT2D eigenvalue weighted by Gasteiger charge is 2.35. The molecule has 1 atom stereocenters. The summed E-state index contributed by atoms with van der Waals surface area (Å²) in [7, 11) is -0.943. The Morgan fingerprint density at radius 3 is 2.84 bits per heavy atom. The van der Waals surface area contributed by atoms with Gasteiger partial charge in [0.15, 0.2) is 0 Å². The summed E-state index contributed by atoms with van der Waals surface area (Å²) in [6, 6.07) is 4.65. The molecule has 0 unspecified atom stereocenters. The van der Waals surface area contributed by atoms with E-state index in [-0.39, 0.29) is 23.1 Å². The number of carbonyl (C=O) groups is 1. The number of ether oxygens (including phenoxy) is 2. The Balaban J connectivity index is 1.60. The summed E-state index contributed by atoms with van der Waals surface area (Å²) in [6.45, 7) is 2.75. The van der Waals surface area contributed by atoms with Gasteiger partial charge in [-0.2, -0.15) is 4.31 Å². The number of benzene rings is 1. The Morgan fingerprint density at radius 2 is 2.16 bits per heavy atom. The molecular weight excluding hydrogens is 442 g/mol. The van der Waals surface area contributed by atoms with Gasteiger partial charge in [0.1, 0.15) is 22.2 Å². The molecule has 1 fully saturated rings. The Bertz CT molecular complexity index is 1010. The molecule has 1 aliphatic rings. The standard InChI is InChI=1S/C19H27N5O5S2/c1-13-21-19(23-22-13)30-10-8-20-18(25)14-5-4-9-24(12-14)31(26,27)17-11-15(28-2)6-7-16(17)29-3/h6-7,11,14H,4-5,8-10,12H2,1-3H3,(H,20,25)(H,21,22,23)/t14-/m0/s1. The zero-order valence-corrected chi connectivity index (χ0v) is 19.4. The summed E-state index contributed by atoms with van der Waals surface area (Å²) in [6.07, 6.45) is 1.25. The summed E-state index contributed by atoms with van der Waals surface area (Å²) in [5.41, 5.74) is 0. The Kier molecular flexibility index (Phi) is 7.79. The first-order valence-electron chi connectivity index (χ1n) is 9.87. The van der Waals surface area contributed by atoms with E-state index in [1.54, 1.807) is 12.1 Å². The third-order valence-electron chi connectivity index (χ3n) is 4.95. The molecule has 3 rings (SSSR count). The van der Waals surface area contributed by atoms with Crippen LogP contribution in [0.1, 0.15) is 18.7 Å². The molecule has 10 nitrogen and oxygen atoms in total. The van der Waals surface area contributed by atoms with Gasteiger partial charge in [0.2, 0.25) is 21.1 Å². The fourth-order valence-corrected chi connectivity index (χ4v) is 5.74. The lowest BCUT2D eigenvalue weighted by molar-refractivity contribution is -0.125. The number of aromatic nitrogens is 3. The van der Waals surface area contributed by atoms with Crippen molar-refractivity contribution in [1.29, 1.82) is 0 Å². The number of H-pyrrole nitrogens is 1. The second-order valence-electron chi connectivity index (χ2n) is 7.06. The number of piperidine rings is 1. The normalized spacial score (nSPS) is 17.3. The summed E-state index contributed by atoms with van der Waals surface area (Å²) in [5, 5.41) is 10.3. The number of amides is 1. The molecule has 1 aromatic carbocycles. The number of methoxy groups -OCH3 is 2. The topological polar surface area (TPSA) is 127 Å². The molecule has 2 heterocycles. The van der Waals surface area contributed by atoms with Crippen LogP contribution in [0.5, 0.6) is 11.5 Å². The second-order valence-corrected chi connectivity index (χ2v) is 10.0. The van der Waals surface area contributed by atoms with Crippen LogP contribution in [-0.2, 0) is 14.8 Å². The van der Waals surface area contributed by atoms with E-state index in [0.717, 1.165) is 5.82 Å². The highest BCUT2D eigenvalue weighted by atomic mass is 32.2. The lowest BCUT2D eigenvalue weighted by atomic mass is 9.99. The zero-order chi connectivity index (χ0) is 22.4. The molecule has 1 aliphatic heterocycles. The van der Waals surface area contributed by atoms with Crippen LogP contribution in [0.2, 0.25) is 0 Å². The van der Waals surface area contributed by atoms with Crippen molar-refractivity contribution in [2.45, 2.75) is 29.8 Å². The molecule has 2 N–H and O–H groups in total. The Hall–Kier alpha value is -2.31. The zero-order valence-electron chi connectivity index (χ0n) is 17.8. The smallest absolute Gasteiger partial charge is 0.246 e. The van der Waals surface area contributed by atoms with Crippen molar-refractivity contribution in [3.63, 3.8) is 0 Å². The molecule has 1 saturated heterocycles. The van der Waals surface area contributed by atoms with Crippen LogP contribution in [0, 0.1) is 12.8 Å². The van der Waals surface area contributed by atoms with E-state index < -0.39 is 15.9 Å². The van der Waals surface area contributed by atoms with E-state index in [0.29, 0.717) is 42.6 Å². The number of rotatable bonds is 9. The number of nitrogens with zero attached hydrogens (tertiary/aromatic N) is 3. The van der Waals surface area contributed by atoms with Crippen LogP contribution in [0.15, 0.2) is 28.3 Å². The molecule has 0 aliphatic carbocycles. The molecular formula is C19H27N5O5S2. The van der Waals surface area contributed by atoms with E-state index in [1.807, 2.05) is 6.92 Å². The van der Waals surface area contributed by atoms with Gasteiger partial charge < -0.3 is 14.8 Å². The van der Waals surface area contributed by atoms with Crippen molar-refractivity contribution in [3.8, 4) is 11.5 Å². The summed E-state index contributed by atoms with van der Waals surface area (Å²) in [4.78, 5) is 16.9. The SMILES string of the molecule is COc1ccc(OC)c(S(=O)(=O)N2CCC[C@H](C(=O)NCCSc3n[nH]c(C)n3)C2)c1. The summed E-state index contributed by atoms with van der Waals surface area (Å²) in [5.74, 6) is 1.47. The highest BCUT2D eigenvalue weighted by molar-refractivity contribution is 7.99. The van der Waals surface area contributed by atoms with Crippen LogP contribution in [0.25, 0.3) is 0 Å². The van der Waals surface area contributed by atoms with Crippen LogP contribution in [0.4, 0.5) is 0 Å². The van der Waals surface area contributed by atoms with Crippen molar-refractivity contribution in [2.24, 2.45) is 5.92 Å². The maximum atomic E-state index is 13.3. The first-order valence-corrected chi connectivity index (χ1v) is 12.3. The van der Waals surface area contributed by atoms with Crippen LogP contribution in [0.3, 0.4) is 0 Å². The average molecular weight is 470 g/mol. The van der Waals surface area contributed by atoms with Crippen molar-refractivity contribution in [3.05, 3.63) is 24.0 Å². The van der Waals surface area contributed by atoms with Gasteiger partial charge in [0, 0.05) is 31.5 Å². The quantitative estimate of drug-likeness (QED) is 0.417. The molecule has 2 aromatic rings. The van der Waals surface area contributed by atoms with E-state index in [4.69, 9.17) is 9.47 Å². The molecule has 12 heteroatoms. The first-order chi connectivity index (χ1) is 14.8. The lowest BCUT2D eigenvalue weighted by Crippen LogP contribution is -2.45. The molecule has 170 valence electrons. The monoisotopic (exact) mass is 469 g/mol. The van der Waals surface area contributed by atoms with Gasteiger partial charge in [-0.1, -0.05) is 11.8 Å². The van der Waals surface area contributed by atoms with Crippen LogP contribution in [-0.4, -0.2) is 73.4 Å². The third-order valence-corrected chi connectivity index (χ3v) is 7.69. The predicted octanol–water partition coefficient (Wildman–Crippen LogP) is 1.44. The first kappa shape index (κ1) is 23.4. The Morgan fingerprint density at radius 1 is 1.35 bits per heavy atom. The fourth-order valence-electron chi connectivity index (χ4n) is 3.35. The molecule has 0 radical (unpaired) electrons. The van der Waals surface area contributed by atoms with Gasteiger partial charge in [-0.25, -0.2) is 13.4 Å². The average Bonchev–Trinajstić information content (AvgIpc) is 3.21. The molecule has 1 amide bonds. The molecule has 0 spiro atoms. The summed E-state index contributed by atoms with van der Waals surface area (Å²) >= 11 is 1.44. The number of hydrogen-bond acceptors (Lipinski definition) is 8. The van der Waals surface area contributed by atoms with Gasteiger partial charge >= 0.3 is 0 Å². The maximum Gasteiger partial charge on any atom is 0.246 e. The number of aryl methyl sites for hydroxylation is 1. The minimum atomic E-state index is -3.84. The van der Waals surface area contributed by atoms with Gasteiger partial charge in [0.05, 0.1) is 20.1 Å². The van der Waals surface area contributed by atoms with Crippen molar-refractivity contribution < 1.29 is 22.7 Å². The number of thioether (sulfide) groups is 1. The van der Waals surface area contributed by atoms with Gasteiger partial charge in [-0.05, 0) is 31.9 Å². The minimum Gasteiger partial charge on any atom is -0.497 e.